The van der Waals surface area contributed by atoms with Crippen molar-refractivity contribution in [3.63, 3.8) is 0 Å². The molecule has 1 amide bonds. The Morgan fingerprint density at radius 2 is 1.91 bits per heavy atom. The molecule has 1 saturated heterocycles. The number of rotatable bonds is 8. The lowest BCUT2D eigenvalue weighted by atomic mass is 9.95. The summed E-state index contributed by atoms with van der Waals surface area (Å²) in [5, 5.41) is 4.89. The zero-order chi connectivity index (χ0) is 23.2. The van der Waals surface area contributed by atoms with Crippen LogP contribution < -0.4 is 14.9 Å². The maximum atomic E-state index is 13.2. The first-order valence-electron chi connectivity index (χ1n) is 11.6. The molecule has 3 aromatic rings. The summed E-state index contributed by atoms with van der Waals surface area (Å²) in [5.41, 5.74) is 1.84. The number of hydrogen-bond donors (Lipinski definition) is 0. The largest absolute Gasteiger partial charge is 0.493 e. The average Bonchev–Trinajstić information content (AvgIpc) is 2.87. The van der Waals surface area contributed by atoms with Gasteiger partial charge >= 0.3 is 0 Å². The number of benzene rings is 2. The van der Waals surface area contributed by atoms with Gasteiger partial charge in [0, 0.05) is 24.4 Å². The maximum absolute atomic E-state index is 13.2. The van der Waals surface area contributed by atoms with E-state index in [1.165, 1.54) is 11.8 Å². The minimum atomic E-state index is -0.0977. The van der Waals surface area contributed by atoms with Crippen LogP contribution >= 0.6 is 0 Å². The Morgan fingerprint density at radius 1 is 1.09 bits per heavy atom. The van der Waals surface area contributed by atoms with Crippen molar-refractivity contribution in [1.82, 2.24) is 14.7 Å². The number of para-hydroxylation sites is 1. The number of fused-ring (bicyclic) bond motifs is 1. The predicted octanol–water partition coefficient (Wildman–Crippen LogP) is 3.82. The van der Waals surface area contributed by atoms with Crippen molar-refractivity contribution in [2.45, 2.75) is 51.1 Å². The molecule has 1 aliphatic heterocycles. The molecule has 0 bridgehead atoms. The Kier molecular flexibility index (Phi) is 7.27. The molecule has 0 N–H and O–H groups in total. The Morgan fingerprint density at radius 3 is 2.73 bits per heavy atom. The molecule has 4 rings (SSSR count). The van der Waals surface area contributed by atoms with E-state index in [9.17, 15) is 9.59 Å². The van der Waals surface area contributed by atoms with Crippen molar-refractivity contribution in [1.29, 1.82) is 0 Å². The molecule has 7 heteroatoms. The van der Waals surface area contributed by atoms with Crippen LogP contribution in [0.4, 0.5) is 0 Å². The highest BCUT2D eigenvalue weighted by molar-refractivity contribution is 5.79. The SMILES string of the molecule is COc1ccc(CCC2CCCCN2C(=O)CCn2ncc(=O)c3ccccc32)cc1OC. The van der Waals surface area contributed by atoms with E-state index in [0.717, 1.165) is 55.7 Å². The van der Waals surface area contributed by atoms with E-state index in [4.69, 9.17) is 9.47 Å². The summed E-state index contributed by atoms with van der Waals surface area (Å²) in [4.78, 5) is 27.3. The molecule has 2 heterocycles. The van der Waals surface area contributed by atoms with E-state index in [-0.39, 0.29) is 17.4 Å². The molecule has 1 aromatic heterocycles. The summed E-state index contributed by atoms with van der Waals surface area (Å²) < 4.78 is 12.5. The van der Waals surface area contributed by atoms with E-state index in [0.29, 0.717) is 18.4 Å². The van der Waals surface area contributed by atoms with E-state index in [1.807, 2.05) is 30.3 Å². The fourth-order valence-corrected chi connectivity index (χ4v) is 4.68. The molecule has 0 aliphatic carbocycles. The fraction of sp³-hybridized carbons (Fsp3) is 0.423. The van der Waals surface area contributed by atoms with Crippen molar-refractivity contribution in [2.75, 3.05) is 20.8 Å². The minimum Gasteiger partial charge on any atom is -0.493 e. The lowest BCUT2D eigenvalue weighted by Gasteiger charge is -2.36. The highest BCUT2D eigenvalue weighted by Gasteiger charge is 2.26. The van der Waals surface area contributed by atoms with Gasteiger partial charge in [0.2, 0.25) is 11.3 Å². The van der Waals surface area contributed by atoms with Crippen LogP contribution in [0.1, 0.15) is 37.7 Å². The summed E-state index contributed by atoms with van der Waals surface area (Å²) in [5.74, 6) is 1.60. The minimum absolute atomic E-state index is 0.0977. The van der Waals surface area contributed by atoms with Crippen LogP contribution in [0.3, 0.4) is 0 Å². The van der Waals surface area contributed by atoms with E-state index >= 15 is 0 Å². The Bertz CT molecular complexity index is 1170. The zero-order valence-electron chi connectivity index (χ0n) is 19.3. The van der Waals surface area contributed by atoms with E-state index in [1.54, 1.807) is 25.0 Å². The van der Waals surface area contributed by atoms with Gasteiger partial charge in [-0.1, -0.05) is 18.2 Å². The molecule has 1 fully saturated rings. The van der Waals surface area contributed by atoms with Gasteiger partial charge < -0.3 is 14.4 Å². The molecule has 7 nitrogen and oxygen atoms in total. The third-order valence-corrected chi connectivity index (χ3v) is 6.46. The van der Waals surface area contributed by atoms with Crippen LogP contribution in [-0.2, 0) is 17.8 Å². The molecule has 1 aliphatic rings. The molecule has 1 atom stereocenters. The summed E-state index contributed by atoms with van der Waals surface area (Å²) in [6, 6.07) is 13.6. The molecule has 174 valence electrons. The van der Waals surface area contributed by atoms with Gasteiger partial charge in [0.15, 0.2) is 11.5 Å². The third kappa shape index (κ3) is 5.18. The zero-order valence-corrected chi connectivity index (χ0v) is 19.3. The maximum Gasteiger partial charge on any atom is 0.224 e. The van der Waals surface area contributed by atoms with Crippen LogP contribution in [0.2, 0.25) is 0 Å². The van der Waals surface area contributed by atoms with Crippen LogP contribution in [-0.4, -0.2) is 47.4 Å². The van der Waals surface area contributed by atoms with Gasteiger partial charge in [-0.25, -0.2) is 0 Å². The Balaban J connectivity index is 1.41. The number of piperidine rings is 1. The number of ether oxygens (including phenoxy) is 2. The highest BCUT2D eigenvalue weighted by atomic mass is 16.5. The quantitative estimate of drug-likeness (QED) is 0.523. The van der Waals surface area contributed by atoms with Crippen molar-refractivity contribution in [3.8, 4) is 11.5 Å². The third-order valence-electron chi connectivity index (χ3n) is 6.46. The first kappa shape index (κ1) is 22.8. The van der Waals surface area contributed by atoms with Crippen molar-refractivity contribution < 1.29 is 14.3 Å². The first-order valence-corrected chi connectivity index (χ1v) is 11.6. The van der Waals surface area contributed by atoms with Gasteiger partial charge in [-0.2, -0.15) is 5.10 Å². The number of methoxy groups -OCH3 is 2. The van der Waals surface area contributed by atoms with Gasteiger partial charge in [-0.15, -0.1) is 0 Å². The number of carbonyl (C=O) groups is 1. The molecular weight excluding hydrogens is 418 g/mol. The average molecular weight is 450 g/mol. The summed E-state index contributed by atoms with van der Waals surface area (Å²) in [7, 11) is 3.28. The van der Waals surface area contributed by atoms with Gasteiger partial charge in [0.1, 0.15) is 0 Å². The number of nitrogens with zero attached hydrogens (tertiary/aromatic N) is 3. The second-order valence-electron chi connectivity index (χ2n) is 8.46. The number of aromatic nitrogens is 2. The number of aryl methyl sites for hydroxylation is 2. The fourth-order valence-electron chi connectivity index (χ4n) is 4.68. The molecule has 33 heavy (non-hydrogen) atoms. The van der Waals surface area contributed by atoms with Gasteiger partial charge in [-0.3, -0.25) is 14.3 Å². The van der Waals surface area contributed by atoms with E-state index in [2.05, 4.69) is 16.1 Å². The molecule has 0 saturated carbocycles. The predicted molar refractivity (Wildman–Crippen MR) is 128 cm³/mol. The Hall–Kier alpha value is -3.35. The van der Waals surface area contributed by atoms with Crippen LogP contribution in [0, 0.1) is 0 Å². The second-order valence-corrected chi connectivity index (χ2v) is 8.46. The summed E-state index contributed by atoms with van der Waals surface area (Å²) >= 11 is 0. The number of carbonyl (C=O) groups excluding carboxylic acids is 1. The van der Waals surface area contributed by atoms with Crippen LogP contribution in [0.15, 0.2) is 53.5 Å². The van der Waals surface area contributed by atoms with Gasteiger partial charge in [0.25, 0.3) is 0 Å². The smallest absolute Gasteiger partial charge is 0.224 e. The molecule has 0 radical (unpaired) electrons. The number of amides is 1. The lowest BCUT2D eigenvalue weighted by Crippen LogP contribution is -2.44. The van der Waals surface area contributed by atoms with Crippen LogP contribution in [0.25, 0.3) is 10.9 Å². The van der Waals surface area contributed by atoms with Crippen molar-refractivity contribution >= 4 is 16.8 Å². The normalized spacial score (nSPS) is 16.1. The van der Waals surface area contributed by atoms with Gasteiger partial charge in [-0.05, 0) is 61.9 Å². The van der Waals surface area contributed by atoms with Crippen molar-refractivity contribution in [2.24, 2.45) is 0 Å². The number of hydrogen-bond acceptors (Lipinski definition) is 5. The van der Waals surface area contributed by atoms with Gasteiger partial charge in [0.05, 0.1) is 32.5 Å². The molecule has 1 unspecified atom stereocenters. The van der Waals surface area contributed by atoms with Crippen LogP contribution in [0.5, 0.6) is 11.5 Å². The summed E-state index contributed by atoms with van der Waals surface area (Å²) in [6.45, 7) is 1.26. The summed E-state index contributed by atoms with van der Waals surface area (Å²) in [6.07, 6.45) is 6.70. The second kappa shape index (κ2) is 10.5. The molecular formula is C26H31N3O4. The van der Waals surface area contributed by atoms with E-state index < -0.39 is 0 Å². The Labute approximate surface area is 193 Å². The monoisotopic (exact) mass is 449 g/mol. The molecule has 0 spiro atoms. The highest BCUT2D eigenvalue weighted by Crippen LogP contribution is 2.29. The molecule has 2 aromatic carbocycles. The van der Waals surface area contributed by atoms with Crippen molar-refractivity contribution in [3.05, 3.63) is 64.4 Å². The lowest BCUT2D eigenvalue weighted by molar-refractivity contribution is -0.135. The first-order chi connectivity index (χ1) is 16.1. The standard InChI is InChI=1S/C26H31N3O4/c1-32-24-13-11-19(17-25(24)33-2)10-12-20-7-5-6-15-28(20)26(31)14-16-29-22-9-4-3-8-21(22)23(30)18-27-29/h3-4,8-9,11,13,17-18,20H,5-7,10,12,14-16H2,1-2H3. The topological polar surface area (TPSA) is 73.7 Å². The number of likely N-dealkylation sites (tertiary alicyclic amines) is 1.